The van der Waals surface area contributed by atoms with Crippen molar-refractivity contribution in [3.63, 3.8) is 0 Å². The molecule has 0 bridgehead atoms. The molecule has 2 aromatic heterocycles. The smallest absolute Gasteiger partial charge is 0.331 e. The van der Waals surface area contributed by atoms with Gasteiger partial charge in [0.2, 0.25) is 0 Å². The minimum absolute atomic E-state index is 0.0415. The van der Waals surface area contributed by atoms with Gasteiger partial charge >= 0.3 is 5.97 Å². The molecule has 0 aliphatic heterocycles. The molecule has 0 unspecified atom stereocenters. The van der Waals surface area contributed by atoms with Gasteiger partial charge in [0.05, 0.1) is 5.69 Å². The van der Waals surface area contributed by atoms with Gasteiger partial charge in [-0.1, -0.05) is 17.7 Å². The van der Waals surface area contributed by atoms with Gasteiger partial charge in [-0.2, -0.15) is 0 Å². The van der Waals surface area contributed by atoms with E-state index in [2.05, 4.69) is 10.3 Å². The summed E-state index contributed by atoms with van der Waals surface area (Å²) in [4.78, 5) is 28.2. The van der Waals surface area contributed by atoms with E-state index in [1.54, 1.807) is 28.8 Å². The first-order chi connectivity index (χ1) is 13.3. The quantitative estimate of drug-likeness (QED) is 0.517. The van der Waals surface area contributed by atoms with E-state index in [0.29, 0.717) is 11.3 Å². The van der Waals surface area contributed by atoms with E-state index in [9.17, 15) is 18.4 Å². The van der Waals surface area contributed by atoms with Gasteiger partial charge < -0.3 is 10.1 Å². The first kappa shape index (κ1) is 19.5. The predicted octanol–water partition coefficient (Wildman–Crippen LogP) is 3.85. The number of carbonyl (C=O) groups excluding carboxylic acids is 2. The first-order valence-corrected chi connectivity index (χ1v) is 8.50. The highest BCUT2D eigenvalue weighted by molar-refractivity contribution is 6.31. The molecule has 0 fully saturated rings. The van der Waals surface area contributed by atoms with Crippen molar-refractivity contribution in [1.29, 1.82) is 0 Å². The third-order valence-electron chi connectivity index (χ3n) is 3.75. The molecule has 0 aliphatic carbocycles. The third kappa shape index (κ3) is 4.34. The number of hydrogen-bond donors (Lipinski definition) is 1. The monoisotopic (exact) mass is 405 g/mol. The lowest BCUT2D eigenvalue weighted by Gasteiger charge is -2.12. The maximum atomic E-state index is 13.2. The number of nitrogens with one attached hydrogen (secondary N) is 1. The summed E-state index contributed by atoms with van der Waals surface area (Å²) in [5.74, 6) is -3.61. The fraction of sp³-hybridized carbons (Fsp3) is 0.105. The van der Waals surface area contributed by atoms with Gasteiger partial charge in [-0.15, -0.1) is 0 Å². The zero-order valence-electron chi connectivity index (χ0n) is 14.5. The normalized spacial score (nSPS) is 12.3. The predicted molar refractivity (Wildman–Crippen MR) is 99.8 cm³/mol. The SMILES string of the molecule is C[C@@H](OC(=O)/C=C/c1c(Cl)nc2ccccn12)C(=O)Nc1ccc(F)c(F)c1. The molecular weight excluding hydrogens is 392 g/mol. The lowest BCUT2D eigenvalue weighted by atomic mass is 10.2. The number of ether oxygens (including phenoxy) is 1. The third-order valence-corrected chi connectivity index (χ3v) is 4.03. The van der Waals surface area contributed by atoms with Crippen LogP contribution in [0, 0.1) is 11.6 Å². The summed E-state index contributed by atoms with van der Waals surface area (Å²) in [6, 6.07) is 8.24. The molecule has 144 valence electrons. The van der Waals surface area contributed by atoms with Crippen molar-refractivity contribution in [2.24, 2.45) is 0 Å². The Kier molecular flexibility index (Phi) is 5.70. The number of rotatable bonds is 5. The topological polar surface area (TPSA) is 72.7 Å². The number of halogens is 3. The highest BCUT2D eigenvalue weighted by atomic mass is 35.5. The standard InChI is InChI=1S/C19H14ClF2N3O3/c1-11(19(27)23-12-5-6-13(21)14(22)10-12)28-17(26)8-7-15-18(20)24-16-4-2-3-9-25(15)16/h2-11H,1H3,(H,23,27)/b8-7+/t11-/m1/s1. The Bertz CT molecular complexity index is 1080. The summed E-state index contributed by atoms with van der Waals surface area (Å²) >= 11 is 6.06. The fourth-order valence-corrected chi connectivity index (χ4v) is 2.61. The van der Waals surface area contributed by atoms with Crippen LogP contribution in [0.15, 0.2) is 48.7 Å². The lowest BCUT2D eigenvalue weighted by molar-refractivity contribution is -0.148. The number of fused-ring (bicyclic) bond motifs is 1. The number of carbonyl (C=O) groups is 2. The first-order valence-electron chi connectivity index (χ1n) is 8.12. The summed E-state index contributed by atoms with van der Waals surface area (Å²) in [5.41, 5.74) is 1.13. The van der Waals surface area contributed by atoms with Crippen LogP contribution in [0.5, 0.6) is 0 Å². The van der Waals surface area contributed by atoms with Gasteiger partial charge in [-0.3, -0.25) is 9.20 Å². The number of pyridine rings is 1. The van der Waals surface area contributed by atoms with Crippen molar-refractivity contribution in [1.82, 2.24) is 9.38 Å². The van der Waals surface area contributed by atoms with Gasteiger partial charge in [-0.25, -0.2) is 18.6 Å². The number of amides is 1. The number of aromatic nitrogens is 2. The number of imidazole rings is 1. The molecule has 1 amide bonds. The van der Waals surface area contributed by atoms with Crippen molar-refractivity contribution < 1.29 is 23.1 Å². The highest BCUT2D eigenvalue weighted by Crippen LogP contribution is 2.19. The molecule has 2 heterocycles. The Hall–Kier alpha value is -3.26. The molecule has 28 heavy (non-hydrogen) atoms. The maximum Gasteiger partial charge on any atom is 0.331 e. The molecule has 0 saturated heterocycles. The van der Waals surface area contributed by atoms with Crippen LogP contribution in [0.1, 0.15) is 12.6 Å². The summed E-state index contributed by atoms with van der Waals surface area (Å²) in [5, 5.41) is 2.54. The minimum atomic E-state index is -1.16. The summed E-state index contributed by atoms with van der Waals surface area (Å²) in [7, 11) is 0. The Morgan fingerprint density at radius 2 is 2.04 bits per heavy atom. The van der Waals surface area contributed by atoms with Crippen LogP contribution >= 0.6 is 11.6 Å². The molecule has 9 heteroatoms. The number of esters is 1. The highest BCUT2D eigenvalue weighted by Gasteiger charge is 2.17. The summed E-state index contributed by atoms with van der Waals surface area (Å²) < 4.78 is 32.8. The number of benzene rings is 1. The largest absolute Gasteiger partial charge is 0.449 e. The van der Waals surface area contributed by atoms with Gasteiger partial charge in [0, 0.05) is 24.0 Å². The van der Waals surface area contributed by atoms with Crippen LogP contribution in [0.2, 0.25) is 5.15 Å². The second-order valence-corrected chi connectivity index (χ2v) is 6.11. The Morgan fingerprint density at radius 3 is 2.79 bits per heavy atom. The Balaban J connectivity index is 1.63. The van der Waals surface area contributed by atoms with Gasteiger partial charge in [-0.05, 0) is 37.3 Å². The molecule has 3 rings (SSSR count). The van der Waals surface area contributed by atoms with Crippen LogP contribution < -0.4 is 5.32 Å². The minimum Gasteiger partial charge on any atom is -0.449 e. The molecule has 6 nitrogen and oxygen atoms in total. The van der Waals surface area contributed by atoms with Crippen LogP contribution in [0.3, 0.4) is 0 Å². The summed E-state index contributed by atoms with van der Waals surface area (Å²) in [6.07, 6.45) is 3.11. The van der Waals surface area contributed by atoms with E-state index in [4.69, 9.17) is 16.3 Å². The maximum absolute atomic E-state index is 13.2. The number of anilines is 1. The van der Waals surface area contributed by atoms with Gasteiger partial charge in [0.15, 0.2) is 22.9 Å². The van der Waals surface area contributed by atoms with E-state index in [1.165, 1.54) is 19.1 Å². The Morgan fingerprint density at radius 1 is 1.25 bits per heavy atom. The molecular formula is C19H14ClF2N3O3. The van der Waals surface area contributed by atoms with Crippen molar-refractivity contribution in [3.8, 4) is 0 Å². The van der Waals surface area contributed by atoms with Crippen molar-refractivity contribution in [2.75, 3.05) is 5.32 Å². The molecule has 0 radical (unpaired) electrons. The zero-order valence-corrected chi connectivity index (χ0v) is 15.3. The molecule has 1 atom stereocenters. The summed E-state index contributed by atoms with van der Waals surface area (Å²) in [6.45, 7) is 1.35. The Labute approximate surface area is 163 Å². The van der Waals surface area contributed by atoms with Crippen LogP contribution in [0.25, 0.3) is 11.7 Å². The molecule has 3 aromatic rings. The fourth-order valence-electron chi connectivity index (χ4n) is 2.37. The van der Waals surface area contributed by atoms with Crippen LogP contribution in [0.4, 0.5) is 14.5 Å². The van der Waals surface area contributed by atoms with E-state index in [0.717, 1.165) is 18.2 Å². The second kappa shape index (κ2) is 8.18. The van der Waals surface area contributed by atoms with Crippen molar-refractivity contribution in [2.45, 2.75) is 13.0 Å². The average Bonchev–Trinajstić information content (AvgIpc) is 2.98. The molecule has 1 N–H and O–H groups in total. The second-order valence-electron chi connectivity index (χ2n) is 5.75. The van der Waals surface area contributed by atoms with Gasteiger partial charge in [0.1, 0.15) is 5.65 Å². The number of hydrogen-bond acceptors (Lipinski definition) is 4. The van der Waals surface area contributed by atoms with E-state index in [-0.39, 0.29) is 10.8 Å². The number of nitrogens with zero attached hydrogens (tertiary/aromatic N) is 2. The van der Waals surface area contributed by atoms with E-state index < -0.39 is 29.6 Å². The lowest BCUT2D eigenvalue weighted by Crippen LogP contribution is -2.29. The van der Waals surface area contributed by atoms with Crippen LogP contribution in [-0.2, 0) is 14.3 Å². The van der Waals surface area contributed by atoms with E-state index >= 15 is 0 Å². The van der Waals surface area contributed by atoms with Crippen LogP contribution in [-0.4, -0.2) is 27.4 Å². The molecule has 1 aromatic carbocycles. The zero-order chi connectivity index (χ0) is 20.3. The van der Waals surface area contributed by atoms with Crippen molar-refractivity contribution in [3.05, 3.63) is 71.2 Å². The van der Waals surface area contributed by atoms with E-state index in [1.807, 2.05) is 0 Å². The molecule has 0 saturated carbocycles. The molecule has 0 spiro atoms. The van der Waals surface area contributed by atoms with Gasteiger partial charge in [0.25, 0.3) is 5.91 Å². The van der Waals surface area contributed by atoms with Crippen molar-refractivity contribution >= 4 is 40.9 Å². The average molecular weight is 406 g/mol. The molecule has 0 aliphatic rings.